The van der Waals surface area contributed by atoms with Gasteiger partial charge in [-0.15, -0.1) is 0 Å². The minimum atomic E-state index is -0.974. The minimum absolute atomic E-state index is 0.0633. The number of carboxylic acids is 1. The first-order valence-corrected chi connectivity index (χ1v) is 9.36. The van der Waals surface area contributed by atoms with Gasteiger partial charge >= 0.3 is 5.97 Å². The van der Waals surface area contributed by atoms with E-state index in [2.05, 4.69) is 15.9 Å². The Bertz CT molecular complexity index is 750. The van der Waals surface area contributed by atoms with E-state index in [9.17, 15) is 9.59 Å². The molecule has 0 unspecified atom stereocenters. The molecule has 0 aliphatic carbocycles. The summed E-state index contributed by atoms with van der Waals surface area (Å²) < 4.78 is 11.9. The van der Waals surface area contributed by atoms with Gasteiger partial charge in [-0.3, -0.25) is 14.5 Å². The molecule has 1 aromatic rings. The van der Waals surface area contributed by atoms with Gasteiger partial charge in [0.05, 0.1) is 29.5 Å². The lowest BCUT2D eigenvalue weighted by atomic mass is 10.2. The maximum absolute atomic E-state index is 12.4. The third-order valence-electron chi connectivity index (χ3n) is 3.26. The first kappa shape index (κ1) is 19.7. The number of methoxy groups -OCH3 is 1. The van der Waals surface area contributed by atoms with Gasteiger partial charge in [0.1, 0.15) is 4.32 Å². The maximum atomic E-state index is 12.4. The standard InChI is InChI=1S/C16H16BrNO5S2/c1-3-23-11-7-9(6-10(17)14(11)22-2)8-12-15(21)18(16(24)25-12)5-4-13(19)20/h6-8H,3-5H2,1-2H3,(H,19,20)/b12-8-. The molecule has 0 aromatic heterocycles. The van der Waals surface area contributed by atoms with Crippen LogP contribution in [0.1, 0.15) is 18.9 Å². The second-order valence-corrected chi connectivity index (χ2v) is 7.47. The Morgan fingerprint density at radius 2 is 2.20 bits per heavy atom. The molecule has 6 nitrogen and oxygen atoms in total. The molecule has 1 heterocycles. The fourth-order valence-electron chi connectivity index (χ4n) is 2.18. The van der Waals surface area contributed by atoms with Crippen LogP contribution in [-0.2, 0) is 9.59 Å². The number of thiocarbonyl (C=S) groups is 1. The van der Waals surface area contributed by atoms with Crippen molar-refractivity contribution < 1.29 is 24.2 Å². The Labute approximate surface area is 163 Å². The van der Waals surface area contributed by atoms with E-state index in [1.54, 1.807) is 19.3 Å². The van der Waals surface area contributed by atoms with Crippen LogP contribution >= 0.6 is 39.9 Å². The molecule has 9 heteroatoms. The molecule has 25 heavy (non-hydrogen) atoms. The number of hydrogen-bond acceptors (Lipinski definition) is 6. The zero-order valence-electron chi connectivity index (χ0n) is 13.6. The van der Waals surface area contributed by atoms with E-state index in [4.69, 9.17) is 26.8 Å². The van der Waals surface area contributed by atoms with E-state index in [-0.39, 0.29) is 18.9 Å². The van der Waals surface area contributed by atoms with Gasteiger partial charge in [-0.2, -0.15) is 0 Å². The molecule has 0 radical (unpaired) electrons. The van der Waals surface area contributed by atoms with Crippen LogP contribution in [0.3, 0.4) is 0 Å². The lowest BCUT2D eigenvalue weighted by Gasteiger charge is -2.13. The van der Waals surface area contributed by atoms with Crippen LogP contribution in [0.15, 0.2) is 21.5 Å². The summed E-state index contributed by atoms with van der Waals surface area (Å²) in [6.45, 7) is 2.41. The van der Waals surface area contributed by atoms with Gasteiger partial charge in [-0.1, -0.05) is 24.0 Å². The van der Waals surface area contributed by atoms with Gasteiger partial charge in [-0.25, -0.2) is 0 Å². The third kappa shape index (κ3) is 4.74. The van der Waals surface area contributed by atoms with Crippen molar-refractivity contribution in [3.63, 3.8) is 0 Å². The third-order valence-corrected chi connectivity index (χ3v) is 5.22. The zero-order chi connectivity index (χ0) is 18.6. The van der Waals surface area contributed by atoms with E-state index in [1.165, 1.54) is 4.90 Å². The second-order valence-electron chi connectivity index (χ2n) is 4.94. The number of carboxylic acid groups (broad SMARTS) is 1. The molecule has 134 valence electrons. The Morgan fingerprint density at radius 3 is 2.80 bits per heavy atom. The van der Waals surface area contributed by atoms with Crippen LogP contribution in [0.5, 0.6) is 11.5 Å². The topological polar surface area (TPSA) is 76.1 Å². The van der Waals surface area contributed by atoms with E-state index >= 15 is 0 Å². The van der Waals surface area contributed by atoms with Crippen molar-refractivity contribution in [2.75, 3.05) is 20.3 Å². The highest BCUT2D eigenvalue weighted by Gasteiger charge is 2.32. The van der Waals surface area contributed by atoms with Crippen molar-refractivity contribution in [3.8, 4) is 11.5 Å². The molecule has 0 saturated carbocycles. The Hall–Kier alpha value is -1.58. The summed E-state index contributed by atoms with van der Waals surface area (Å²) in [5, 5.41) is 8.77. The number of ether oxygens (including phenoxy) is 2. The smallest absolute Gasteiger partial charge is 0.305 e. The van der Waals surface area contributed by atoms with Gasteiger partial charge in [0.2, 0.25) is 0 Å². The number of rotatable bonds is 7. The summed E-state index contributed by atoms with van der Waals surface area (Å²) in [6, 6.07) is 3.59. The number of carbonyl (C=O) groups excluding carboxylic acids is 1. The van der Waals surface area contributed by atoms with Crippen molar-refractivity contribution in [2.45, 2.75) is 13.3 Å². The van der Waals surface area contributed by atoms with Crippen LogP contribution in [-0.4, -0.2) is 46.5 Å². The number of hydrogen-bond donors (Lipinski definition) is 1. The summed E-state index contributed by atoms with van der Waals surface area (Å²) in [6.07, 6.45) is 1.55. The molecule has 1 aromatic carbocycles. The maximum Gasteiger partial charge on any atom is 0.305 e. The highest BCUT2D eigenvalue weighted by molar-refractivity contribution is 9.10. The van der Waals surface area contributed by atoms with Crippen molar-refractivity contribution in [1.29, 1.82) is 0 Å². The van der Waals surface area contributed by atoms with E-state index in [1.807, 2.05) is 13.0 Å². The van der Waals surface area contributed by atoms with Crippen LogP contribution < -0.4 is 9.47 Å². The number of benzene rings is 1. The lowest BCUT2D eigenvalue weighted by Crippen LogP contribution is -2.30. The van der Waals surface area contributed by atoms with Crippen molar-refractivity contribution >= 4 is 62.2 Å². The van der Waals surface area contributed by atoms with Crippen LogP contribution in [0.4, 0.5) is 0 Å². The number of carbonyl (C=O) groups is 2. The van der Waals surface area contributed by atoms with Crippen LogP contribution in [0, 0.1) is 0 Å². The number of nitrogens with zero attached hydrogens (tertiary/aromatic N) is 1. The molecule has 1 N–H and O–H groups in total. The fraction of sp³-hybridized carbons (Fsp3) is 0.312. The molecule has 1 amide bonds. The summed E-state index contributed by atoms with van der Waals surface area (Å²) in [4.78, 5) is 24.9. The highest BCUT2D eigenvalue weighted by atomic mass is 79.9. The Morgan fingerprint density at radius 1 is 1.48 bits per heavy atom. The SMILES string of the molecule is CCOc1cc(/C=C2\SC(=S)N(CCC(=O)O)C2=O)cc(Br)c1OC. The molecule has 0 bridgehead atoms. The van der Waals surface area contributed by atoms with Crippen LogP contribution in [0.2, 0.25) is 0 Å². The number of amides is 1. The molecule has 2 rings (SSSR count). The second kappa shape index (κ2) is 8.68. The number of halogens is 1. The summed E-state index contributed by atoms with van der Waals surface area (Å²) in [7, 11) is 1.55. The predicted molar refractivity (Wildman–Crippen MR) is 104 cm³/mol. The number of thioether (sulfide) groups is 1. The average Bonchev–Trinajstić information content (AvgIpc) is 2.79. The minimum Gasteiger partial charge on any atom is -0.492 e. The van der Waals surface area contributed by atoms with E-state index < -0.39 is 5.97 Å². The Kier molecular flexibility index (Phi) is 6.86. The van der Waals surface area contributed by atoms with Crippen molar-refractivity contribution in [3.05, 3.63) is 27.1 Å². The molecule has 0 spiro atoms. The molecular formula is C16H16BrNO5S2. The summed E-state index contributed by atoms with van der Waals surface area (Å²) in [5.74, 6) is -0.125. The van der Waals surface area contributed by atoms with Gasteiger partial charge in [0.15, 0.2) is 11.5 Å². The van der Waals surface area contributed by atoms with Crippen molar-refractivity contribution in [1.82, 2.24) is 4.90 Å². The highest BCUT2D eigenvalue weighted by Crippen LogP contribution is 2.39. The normalized spacial score (nSPS) is 15.8. The van der Waals surface area contributed by atoms with Gasteiger partial charge < -0.3 is 14.6 Å². The summed E-state index contributed by atoms with van der Waals surface area (Å²) >= 11 is 9.76. The number of aliphatic carboxylic acids is 1. The van der Waals surface area contributed by atoms with Gasteiger partial charge in [-0.05, 0) is 46.6 Å². The predicted octanol–water partition coefficient (Wildman–Crippen LogP) is 3.53. The monoisotopic (exact) mass is 445 g/mol. The average molecular weight is 446 g/mol. The van der Waals surface area contributed by atoms with Gasteiger partial charge in [0.25, 0.3) is 5.91 Å². The first-order valence-electron chi connectivity index (χ1n) is 7.34. The van der Waals surface area contributed by atoms with Crippen molar-refractivity contribution in [2.24, 2.45) is 0 Å². The Balaban J connectivity index is 2.29. The molecule has 1 aliphatic heterocycles. The largest absolute Gasteiger partial charge is 0.492 e. The lowest BCUT2D eigenvalue weighted by molar-refractivity contribution is -0.137. The molecule has 0 atom stereocenters. The van der Waals surface area contributed by atoms with E-state index in [0.29, 0.717) is 31.8 Å². The summed E-state index contributed by atoms with van der Waals surface area (Å²) in [5.41, 5.74) is 0.745. The quantitative estimate of drug-likeness (QED) is 0.507. The first-order chi connectivity index (χ1) is 11.9. The molecule has 1 fully saturated rings. The van der Waals surface area contributed by atoms with E-state index in [0.717, 1.165) is 17.3 Å². The molecular weight excluding hydrogens is 430 g/mol. The van der Waals surface area contributed by atoms with Crippen LogP contribution in [0.25, 0.3) is 6.08 Å². The molecule has 1 aliphatic rings. The zero-order valence-corrected chi connectivity index (χ0v) is 16.8. The van der Waals surface area contributed by atoms with Gasteiger partial charge in [0, 0.05) is 6.54 Å². The molecule has 1 saturated heterocycles. The fourth-order valence-corrected chi connectivity index (χ4v) is 4.11.